The second-order valence-electron chi connectivity index (χ2n) is 4.65. The monoisotopic (exact) mass is 244 g/mol. The summed E-state index contributed by atoms with van der Waals surface area (Å²) in [6.07, 6.45) is 1.52. The third-order valence-corrected chi connectivity index (χ3v) is 2.87. The molecular weight excluding hydrogens is 227 g/mol. The Labute approximate surface area is 107 Å². The highest BCUT2D eigenvalue weighted by Crippen LogP contribution is 2.25. The van der Waals surface area contributed by atoms with E-state index in [1.807, 2.05) is 18.2 Å². The lowest BCUT2D eigenvalue weighted by atomic mass is 9.96. The summed E-state index contributed by atoms with van der Waals surface area (Å²) in [5.41, 5.74) is 2.05. The van der Waals surface area contributed by atoms with E-state index >= 15 is 0 Å². The predicted octanol–water partition coefficient (Wildman–Crippen LogP) is 4.03. The maximum atomic E-state index is 12.8. The van der Waals surface area contributed by atoms with Crippen molar-refractivity contribution in [3.05, 3.63) is 60.2 Å². The molecule has 0 aliphatic rings. The van der Waals surface area contributed by atoms with Crippen molar-refractivity contribution in [2.45, 2.75) is 19.9 Å². The molecule has 1 N–H and O–H groups in total. The van der Waals surface area contributed by atoms with Crippen LogP contribution in [0.3, 0.4) is 0 Å². The summed E-state index contributed by atoms with van der Waals surface area (Å²) in [4.78, 5) is 3.66. The molecule has 18 heavy (non-hydrogen) atoms. The first-order valence-electron chi connectivity index (χ1n) is 6.10. The molecule has 0 radical (unpaired) electrons. The zero-order valence-corrected chi connectivity index (χ0v) is 10.6. The fourth-order valence-corrected chi connectivity index (χ4v) is 1.94. The van der Waals surface area contributed by atoms with Crippen LogP contribution in [0.2, 0.25) is 0 Å². The van der Waals surface area contributed by atoms with Gasteiger partial charge in [-0.3, -0.25) is 0 Å². The van der Waals surface area contributed by atoms with Crippen molar-refractivity contribution in [3.8, 4) is 0 Å². The fraction of sp³-hybridized carbons (Fsp3) is 0.267. The van der Waals surface area contributed by atoms with Gasteiger partial charge in [0.15, 0.2) is 0 Å². The lowest BCUT2D eigenvalue weighted by molar-refractivity contribution is 0.545. The second kappa shape index (κ2) is 5.63. The average molecular weight is 244 g/mol. The first-order chi connectivity index (χ1) is 8.66. The van der Waals surface area contributed by atoms with Crippen LogP contribution in [-0.2, 0) is 0 Å². The molecule has 2 rings (SSSR count). The van der Waals surface area contributed by atoms with Gasteiger partial charge < -0.3 is 5.32 Å². The van der Waals surface area contributed by atoms with Gasteiger partial charge in [-0.1, -0.05) is 44.2 Å². The highest BCUT2D eigenvalue weighted by atomic mass is 19.1. The van der Waals surface area contributed by atoms with Crippen molar-refractivity contribution in [2.24, 2.45) is 5.92 Å². The van der Waals surface area contributed by atoms with Gasteiger partial charge in [-0.25, -0.2) is 4.98 Å². The number of benzene rings is 1. The molecule has 0 aliphatic carbocycles. The summed E-state index contributed by atoms with van der Waals surface area (Å²) in [5, 5.41) is 3.39. The van der Waals surface area contributed by atoms with Crippen LogP contribution < -0.4 is 5.32 Å². The summed E-state index contributed by atoms with van der Waals surface area (Å²) in [5.74, 6) is -0.0289. The van der Waals surface area contributed by atoms with Gasteiger partial charge in [0.2, 0.25) is 5.95 Å². The van der Waals surface area contributed by atoms with Crippen LogP contribution >= 0.6 is 0 Å². The number of nitrogens with one attached hydrogen (secondary N) is 1. The Kier molecular flexibility index (Phi) is 3.92. The van der Waals surface area contributed by atoms with E-state index in [1.54, 1.807) is 6.07 Å². The molecular formula is C15H17FN2. The quantitative estimate of drug-likeness (QED) is 0.821. The van der Waals surface area contributed by atoms with Gasteiger partial charge in [-0.2, -0.15) is 4.39 Å². The molecule has 94 valence electrons. The van der Waals surface area contributed by atoms with Crippen LogP contribution in [0.25, 0.3) is 0 Å². The van der Waals surface area contributed by atoms with Crippen LogP contribution in [0, 0.1) is 11.9 Å². The Morgan fingerprint density at radius 3 is 2.33 bits per heavy atom. The van der Waals surface area contributed by atoms with Gasteiger partial charge in [0.1, 0.15) is 0 Å². The number of hydrogen-bond donors (Lipinski definition) is 1. The normalized spacial score (nSPS) is 12.4. The number of anilines is 1. The fourth-order valence-electron chi connectivity index (χ4n) is 1.94. The van der Waals surface area contributed by atoms with E-state index in [1.165, 1.54) is 17.8 Å². The minimum absolute atomic E-state index is 0.193. The van der Waals surface area contributed by atoms with Gasteiger partial charge in [0.05, 0.1) is 17.9 Å². The Balaban J connectivity index is 2.19. The molecule has 3 heteroatoms. The Morgan fingerprint density at radius 1 is 1.06 bits per heavy atom. The molecule has 0 spiro atoms. The first kappa shape index (κ1) is 12.6. The lowest BCUT2D eigenvalue weighted by Crippen LogP contribution is -2.16. The smallest absolute Gasteiger partial charge is 0.212 e. The van der Waals surface area contributed by atoms with Crippen LogP contribution in [0.4, 0.5) is 10.1 Å². The van der Waals surface area contributed by atoms with E-state index in [2.05, 4.69) is 36.3 Å². The molecule has 1 unspecified atom stereocenters. The Morgan fingerprint density at radius 2 is 1.78 bits per heavy atom. The molecule has 2 nitrogen and oxygen atoms in total. The molecule has 0 bridgehead atoms. The Hall–Kier alpha value is -1.90. The molecule has 0 saturated carbocycles. The van der Waals surface area contributed by atoms with Gasteiger partial charge in [-0.15, -0.1) is 0 Å². The standard InChI is InChI=1S/C15H17FN2/c1-11(2)15(12-6-4-3-5-7-12)18-13-8-9-14(16)17-10-13/h3-11,15,18H,1-2H3. The van der Waals surface area contributed by atoms with E-state index in [9.17, 15) is 4.39 Å². The van der Waals surface area contributed by atoms with E-state index in [0.29, 0.717) is 5.92 Å². The van der Waals surface area contributed by atoms with Crippen molar-refractivity contribution >= 4 is 5.69 Å². The summed E-state index contributed by atoms with van der Waals surface area (Å²) in [6, 6.07) is 13.5. The van der Waals surface area contributed by atoms with E-state index in [-0.39, 0.29) is 6.04 Å². The maximum Gasteiger partial charge on any atom is 0.212 e. The van der Waals surface area contributed by atoms with Crippen molar-refractivity contribution in [2.75, 3.05) is 5.32 Å². The highest BCUT2D eigenvalue weighted by Gasteiger charge is 2.15. The third-order valence-electron chi connectivity index (χ3n) is 2.87. The van der Waals surface area contributed by atoms with Crippen LogP contribution in [0.15, 0.2) is 48.7 Å². The van der Waals surface area contributed by atoms with E-state index in [4.69, 9.17) is 0 Å². The highest BCUT2D eigenvalue weighted by molar-refractivity contribution is 5.43. The summed E-state index contributed by atoms with van der Waals surface area (Å²) in [6.45, 7) is 4.31. The third kappa shape index (κ3) is 3.06. The summed E-state index contributed by atoms with van der Waals surface area (Å²) in [7, 11) is 0. The summed E-state index contributed by atoms with van der Waals surface area (Å²) < 4.78 is 12.8. The van der Waals surface area contributed by atoms with Gasteiger partial charge >= 0.3 is 0 Å². The number of rotatable bonds is 4. The molecule has 0 saturated heterocycles. The van der Waals surface area contributed by atoms with Crippen LogP contribution in [-0.4, -0.2) is 4.98 Å². The molecule has 0 fully saturated rings. The number of nitrogens with zero attached hydrogens (tertiary/aromatic N) is 1. The lowest BCUT2D eigenvalue weighted by Gasteiger charge is -2.23. The minimum Gasteiger partial charge on any atom is -0.377 e. The number of pyridine rings is 1. The molecule has 2 aromatic rings. The Bertz CT molecular complexity index is 480. The largest absolute Gasteiger partial charge is 0.377 e. The van der Waals surface area contributed by atoms with E-state index < -0.39 is 5.95 Å². The zero-order chi connectivity index (χ0) is 13.0. The maximum absolute atomic E-state index is 12.8. The van der Waals surface area contributed by atoms with Gasteiger partial charge in [0.25, 0.3) is 0 Å². The van der Waals surface area contributed by atoms with Crippen LogP contribution in [0.1, 0.15) is 25.5 Å². The SMILES string of the molecule is CC(C)C(Nc1ccc(F)nc1)c1ccccc1. The predicted molar refractivity (Wildman–Crippen MR) is 71.8 cm³/mol. The topological polar surface area (TPSA) is 24.9 Å². The van der Waals surface area contributed by atoms with Crippen molar-refractivity contribution < 1.29 is 4.39 Å². The number of aromatic nitrogens is 1. The van der Waals surface area contributed by atoms with Gasteiger partial charge in [0, 0.05) is 0 Å². The number of halogens is 1. The van der Waals surface area contributed by atoms with Crippen molar-refractivity contribution in [1.29, 1.82) is 0 Å². The zero-order valence-electron chi connectivity index (χ0n) is 10.6. The molecule has 1 aromatic heterocycles. The molecule has 1 heterocycles. The van der Waals surface area contributed by atoms with Crippen molar-refractivity contribution in [1.82, 2.24) is 4.98 Å². The average Bonchev–Trinajstić information content (AvgIpc) is 2.38. The number of hydrogen-bond acceptors (Lipinski definition) is 2. The minimum atomic E-state index is -0.457. The summed E-state index contributed by atoms with van der Waals surface area (Å²) >= 11 is 0. The van der Waals surface area contributed by atoms with Crippen molar-refractivity contribution in [3.63, 3.8) is 0 Å². The van der Waals surface area contributed by atoms with E-state index in [0.717, 1.165) is 5.69 Å². The first-order valence-corrected chi connectivity index (χ1v) is 6.10. The molecule has 0 amide bonds. The molecule has 1 atom stereocenters. The second-order valence-corrected chi connectivity index (χ2v) is 4.65. The van der Waals surface area contributed by atoms with Gasteiger partial charge in [-0.05, 0) is 23.6 Å². The van der Waals surface area contributed by atoms with Crippen LogP contribution in [0.5, 0.6) is 0 Å². The molecule has 1 aromatic carbocycles. The molecule has 0 aliphatic heterocycles.